The van der Waals surface area contributed by atoms with Gasteiger partial charge >= 0.3 is 0 Å². The third-order valence-corrected chi connectivity index (χ3v) is 3.02. The molecule has 106 valence electrons. The minimum atomic E-state index is 0.748. The van der Waals surface area contributed by atoms with Crippen molar-refractivity contribution in [1.29, 1.82) is 0 Å². The molecule has 4 nitrogen and oxygen atoms in total. The number of aryl methyl sites for hydroxylation is 1. The Hall–Kier alpha value is -2.10. The zero-order valence-electron chi connectivity index (χ0n) is 12.4. The zero-order chi connectivity index (χ0) is 14.4. The minimum Gasteiger partial charge on any atom is -0.370 e. The summed E-state index contributed by atoms with van der Waals surface area (Å²) in [4.78, 5) is 11.3. The van der Waals surface area contributed by atoms with Gasteiger partial charge in [0.05, 0.1) is 0 Å². The van der Waals surface area contributed by atoms with Gasteiger partial charge in [-0.05, 0) is 32.4 Å². The van der Waals surface area contributed by atoms with Crippen LogP contribution in [0.2, 0.25) is 0 Å². The monoisotopic (exact) mass is 270 g/mol. The highest BCUT2D eigenvalue weighted by Gasteiger charge is 2.11. The molecule has 0 aliphatic rings. The number of hydrogen-bond acceptors (Lipinski definition) is 4. The van der Waals surface area contributed by atoms with E-state index in [0.29, 0.717) is 0 Å². The molecule has 1 aromatic carbocycles. The van der Waals surface area contributed by atoms with E-state index in [2.05, 4.69) is 46.2 Å². The van der Waals surface area contributed by atoms with Crippen LogP contribution in [0.5, 0.6) is 0 Å². The van der Waals surface area contributed by atoms with Crippen LogP contribution < -0.4 is 10.2 Å². The van der Waals surface area contributed by atoms with Gasteiger partial charge in [0.25, 0.3) is 0 Å². The van der Waals surface area contributed by atoms with E-state index in [0.717, 1.165) is 42.7 Å². The zero-order valence-corrected chi connectivity index (χ0v) is 12.4. The number of hydrogen-bond donors (Lipinski definition) is 1. The molecule has 0 aliphatic heterocycles. The maximum absolute atomic E-state index is 4.62. The molecule has 1 aromatic heterocycles. The first-order valence-corrected chi connectivity index (χ1v) is 7.16. The Kier molecular flexibility index (Phi) is 4.93. The quantitative estimate of drug-likeness (QED) is 0.867. The van der Waals surface area contributed by atoms with Crippen LogP contribution in [0.25, 0.3) is 0 Å². The van der Waals surface area contributed by atoms with Crippen molar-refractivity contribution in [1.82, 2.24) is 9.97 Å². The van der Waals surface area contributed by atoms with Gasteiger partial charge in [0.1, 0.15) is 5.82 Å². The highest BCUT2D eigenvalue weighted by molar-refractivity contribution is 5.58. The molecule has 4 heteroatoms. The summed E-state index contributed by atoms with van der Waals surface area (Å²) in [6.45, 7) is 8.01. The minimum absolute atomic E-state index is 0.748. The predicted octanol–water partition coefficient (Wildman–Crippen LogP) is 3.76. The molecule has 20 heavy (non-hydrogen) atoms. The summed E-state index contributed by atoms with van der Waals surface area (Å²) in [5, 5.41) is 3.33. The van der Waals surface area contributed by atoms with Gasteiger partial charge in [0, 0.05) is 30.5 Å². The lowest BCUT2D eigenvalue weighted by atomic mass is 10.3. The fourth-order valence-corrected chi connectivity index (χ4v) is 2.06. The Balaban J connectivity index is 2.32. The highest BCUT2D eigenvalue weighted by Crippen LogP contribution is 2.22. The van der Waals surface area contributed by atoms with Crippen molar-refractivity contribution in [3.63, 3.8) is 0 Å². The fourth-order valence-electron chi connectivity index (χ4n) is 2.06. The number of benzene rings is 1. The van der Waals surface area contributed by atoms with Crippen molar-refractivity contribution in [3.05, 3.63) is 42.1 Å². The Morgan fingerprint density at radius 1 is 1.10 bits per heavy atom. The molecule has 2 aromatic rings. The van der Waals surface area contributed by atoms with Crippen molar-refractivity contribution in [2.45, 2.75) is 27.2 Å². The van der Waals surface area contributed by atoms with E-state index in [1.807, 2.05) is 31.2 Å². The van der Waals surface area contributed by atoms with Crippen molar-refractivity contribution < 1.29 is 0 Å². The summed E-state index contributed by atoms with van der Waals surface area (Å²) < 4.78 is 0. The third-order valence-electron chi connectivity index (χ3n) is 3.02. The standard InChI is InChI=1S/C16H22N4/c1-4-11-17-15-12-13(3)18-16(19-15)20(5-2)14-9-7-6-8-10-14/h6-10,12H,4-5,11H2,1-3H3,(H,17,18,19). The molecule has 1 N–H and O–H groups in total. The fraction of sp³-hybridized carbons (Fsp3) is 0.375. The van der Waals surface area contributed by atoms with Crippen molar-refractivity contribution in [3.8, 4) is 0 Å². The normalized spacial score (nSPS) is 10.3. The third kappa shape index (κ3) is 3.47. The smallest absolute Gasteiger partial charge is 0.232 e. The summed E-state index contributed by atoms with van der Waals surface area (Å²) in [5.74, 6) is 1.64. The summed E-state index contributed by atoms with van der Waals surface area (Å²) in [6.07, 6.45) is 1.08. The number of rotatable bonds is 6. The lowest BCUT2D eigenvalue weighted by molar-refractivity contribution is 0.919. The lowest BCUT2D eigenvalue weighted by Crippen LogP contribution is -2.19. The Labute approximate surface area is 120 Å². The molecular formula is C16H22N4. The number of nitrogens with zero attached hydrogens (tertiary/aromatic N) is 3. The Morgan fingerprint density at radius 3 is 2.50 bits per heavy atom. The number of nitrogens with one attached hydrogen (secondary N) is 1. The molecule has 1 heterocycles. The van der Waals surface area contributed by atoms with E-state index < -0.39 is 0 Å². The van der Waals surface area contributed by atoms with Gasteiger partial charge in [-0.3, -0.25) is 0 Å². The van der Waals surface area contributed by atoms with Crippen molar-refractivity contribution in [2.75, 3.05) is 23.3 Å². The molecule has 0 radical (unpaired) electrons. The van der Waals surface area contributed by atoms with Crippen LogP contribution >= 0.6 is 0 Å². The van der Waals surface area contributed by atoms with Crippen molar-refractivity contribution in [2.24, 2.45) is 0 Å². The molecule has 0 aliphatic carbocycles. The molecule has 0 saturated carbocycles. The average molecular weight is 270 g/mol. The molecule has 0 spiro atoms. The molecule has 0 saturated heterocycles. The van der Waals surface area contributed by atoms with Gasteiger partial charge in [0.15, 0.2) is 0 Å². The SMILES string of the molecule is CCCNc1cc(C)nc(N(CC)c2ccccc2)n1. The second kappa shape index (κ2) is 6.89. The van der Waals surface area contributed by atoms with Crippen LogP contribution in [0.15, 0.2) is 36.4 Å². The number of aromatic nitrogens is 2. The highest BCUT2D eigenvalue weighted by atomic mass is 15.3. The molecule has 0 bridgehead atoms. The summed E-state index contributed by atoms with van der Waals surface area (Å²) in [5.41, 5.74) is 2.09. The second-order valence-electron chi connectivity index (χ2n) is 4.70. The first kappa shape index (κ1) is 14.3. The van der Waals surface area contributed by atoms with Crippen LogP contribution in [0.4, 0.5) is 17.5 Å². The van der Waals surface area contributed by atoms with Gasteiger partial charge in [-0.15, -0.1) is 0 Å². The van der Waals surface area contributed by atoms with Crippen LogP contribution in [0.3, 0.4) is 0 Å². The van der Waals surface area contributed by atoms with Crippen LogP contribution in [0, 0.1) is 6.92 Å². The molecule has 0 fully saturated rings. The average Bonchev–Trinajstić information content (AvgIpc) is 2.46. The predicted molar refractivity (Wildman–Crippen MR) is 84.7 cm³/mol. The maximum atomic E-state index is 4.62. The van der Waals surface area contributed by atoms with Crippen LogP contribution in [-0.4, -0.2) is 23.1 Å². The summed E-state index contributed by atoms with van der Waals surface area (Å²) >= 11 is 0. The van der Waals surface area contributed by atoms with Gasteiger partial charge < -0.3 is 10.2 Å². The van der Waals surface area contributed by atoms with Crippen LogP contribution in [-0.2, 0) is 0 Å². The Bertz CT molecular complexity index is 539. The molecule has 2 rings (SSSR count). The van der Waals surface area contributed by atoms with E-state index >= 15 is 0 Å². The Morgan fingerprint density at radius 2 is 1.85 bits per heavy atom. The topological polar surface area (TPSA) is 41.1 Å². The number of anilines is 3. The molecule has 0 amide bonds. The van der Waals surface area contributed by atoms with Gasteiger partial charge in [-0.1, -0.05) is 25.1 Å². The molecule has 0 unspecified atom stereocenters. The second-order valence-corrected chi connectivity index (χ2v) is 4.70. The first-order valence-electron chi connectivity index (χ1n) is 7.16. The van der Waals surface area contributed by atoms with E-state index in [9.17, 15) is 0 Å². The van der Waals surface area contributed by atoms with Crippen LogP contribution in [0.1, 0.15) is 26.0 Å². The summed E-state index contributed by atoms with van der Waals surface area (Å²) in [6, 6.07) is 12.2. The molecular weight excluding hydrogens is 248 g/mol. The largest absolute Gasteiger partial charge is 0.370 e. The molecule has 0 atom stereocenters. The van der Waals surface area contributed by atoms with E-state index in [1.54, 1.807) is 0 Å². The first-order chi connectivity index (χ1) is 9.74. The number of para-hydroxylation sites is 1. The summed E-state index contributed by atoms with van der Waals surface area (Å²) in [7, 11) is 0. The van der Waals surface area contributed by atoms with Gasteiger partial charge in [-0.2, -0.15) is 4.98 Å². The van der Waals surface area contributed by atoms with Gasteiger partial charge in [-0.25, -0.2) is 4.98 Å². The van der Waals surface area contributed by atoms with E-state index in [4.69, 9.17) is 0 Å². The van der Waals surface area contributed by atoms with Gasteiger partial charge in [0.2, 0.25) is 5.95 Å². The maximum Gasteiger partial charge on any atom is 0.232 e. The lowest BCUT2D eigenvalue weighted by Gasteiger charge is -2.21. The van der Waals surface area contributed by atoms with E-state index in [-0.39, 0.29) is 0 Å². The van der Waals surface area contributed by atoms with Crippen molar-refractivity contribution >= 4 is 17.5 Å². The van der Waals surface area contributed by atoms with E-state index in [1.165, 1.54) is 0 Å².